The Balaban J connectivity index is 0.00000156. The van der Waals surface area contributed by atoms with Crippen molar-refractivity contribution in [3.63, 3.8) is 0 Å². The van der Waals surface area contributed by atoms with Crippen LogP contribution in [0.2, 0.25) is 0 Å². The van der Waals surface area contributed by atoms with Crippen molar-refractivity contribution in [1.29, 1.82) is 0 Å². The van der Waals surface area contributed by atoms with Gasteiger partial charge in [0.25, 0.3) is 0 Å². The monoisotopic (exact) mass is 383 g/mol. The molecule has 3 rings (SSSR count). The Hall–Kier alpha value is 0.200. The summed E-state index contributed by atoms with van der Waals surface area (Å²) < 4.78 is 17.5. The molecule has 0 amide bonds. The van der Waals surface area contributed by atoms with Gasteiger partial charge in [-0.1, -0.05) is 11.6 Å². The second-order valence-corrected chi connectivity index (χ2v) is 7.08. The summed E-state index contributed by atoms with van der Waals surface area (Å²) in [4.78, 5) is 33.6. The first kappa shape index (κ1) is 23.2. The number of allylic oxidation sites excluding steroid dienone is 1. The van der Waals surface area contributed by atoms with Crippen molar-refractivity contribution < 1.29 is 78.2 Å². The number of nitrogens with zero attached hydrogens (tertiary/aromatic N) is 4. The molecule has 2 aromatic heterocycles. The molecule has 0 unspecified atom stereocenters. The average molecular weight is 383 g/mol. The number of nitrogens with two attached hydrogens (primary N) is 1. The summed E-state index contributed by atoms with van der Waals surface area (Å²) in [6.07, 6.45) is 5.04. The van der Waals surface area contributed by atoms with E-state index >= 15 is 0 Å². The Bertz CT molecular complexity index is 809. The van der Waals surface area contributed by atoms with Gasteiger partial charge in [-0.2, -0.15) is 0 Å². The van der Waals surface area contributed by atoms with Gasteiger partial charge in [-0.25, -0.2) is 15.0 Å². The number of fused-ring (bicyclic) bond motifs is 1. The van der Waals surface area contributed by atoms with Crippen molar-refractivity contribution in [3.8, 4) is 0 Å². The third-order valence-electron chi connectivity index (χ3n) is 3.94. The van der Waals surface area contributed by atoms with Gasteiger partial charge >= 0.3 is 59.1 Å². The quantitative estimate of drug-likeness (QED) is 0.305. The number of imidazole rings is 1. The molecule has 0 spiro atoms. The fourth-order valence-electron chi connectivity index (χ4n) is 2.80. The summed E-state index contributed by atoms with van der Waals surface area (Å²) in [5.74, 6) is 0.372. The van der Waals surface area contributed by atoms with Gasteiger partial charge in [0.15, 0.2) is 11.5 Å². The Morgan fingerprint density at radius 3 is 2.76 bits per heavy atom. The maximum Gasteiger partial charge on any atom is 1.00 e. The van der Waals surface area contributed by atoms with Crippen LogP contribution in [-0.2, 0) is 9.30 Å². The molecule has 0 saturated heterocycles. The van der Waals surface area contributed by atoms with E-state index in [4.69, 9.17) is 10.5 Å². The second kappa shape index (κ2) is 9.41. The van der Waals surface area contributed by atoms with Crippen LogP contribution in [0, 0.1) is 5.92 Å². The van der Waals surface area contributed by atoms with E-state index < -0.39 is 13.9 Å². The Kier molecular flexibility index (Phi) is 8.75. The van der Waals surface area contributed by atoms with Gasteiger partial charge in [-0.15, -0.1) is 0 Å². The van der Waals surface area contributed by atoms with Crippen LogP contribution in [0.15, 0.2) is 24.3 Å². The molecule has 1 aliphatic carbocycles. The van der Waals surface area contributed by atoms with Gasteiger partial charge in [0, 0.05) is 5.92 Å². The largest absolute Gasteiger partial charge is 1.00 e. The van der Waals surface area contributed by atoms with Crippen molar-refractivity contribution in [3.05, 3.63) is 24.3 Å². The Morgan fingerprint density at radius 1 is 1.36 bits per heavy atom. The minimum absolute atomic E-state index is 0. The number of hydrogen-bond acceptors (Lipinski definition) is 8. The molecule has 124 valence electrons. The molecule has 0 aliphatic heterocycles. The van der Waals surface area contributed by atoms with Gasteiger partial charge < -0.3 is 29.4 Å². The zero-order chi connectivity index (χ0) is 16.6. The maximum atomic E-state index is 10.6. The van der Waals surface area contributed by atoms with Crippen molar-refractivity contribution in [1.82, 2.24) is 19.5 Å². The van der Waals surface area contributed by atoms with E-state index in [-0.39, 0.29) is 77.7 Å². The van der Waals surface area contributed by atoms with Crippen LogP contribution in [0.1, 0.15) is 19.4 Å². The SMILES string of the molecule is CC1=C[C@H](n2cnc3c(N)ncnc32)C[C@@H]1COCP(=O)([O-])[O-].[Na+].[Na+]. The van der Waals surface area contributed by atoms with Crippen LogP contribution < -0.4 is 74.6 Å². The number of rotatable bonds is 5. The molecule has 2 atom stereocenters. The van der Waals surface area contributed by atoms with E-state index in [1.807, 2.05) is 11.5 Å². The first-order valence-electron chi connectivity index (χ1n) is 7.05. The molecule has 2 N–H and O–H groups in total. The minimum Gasteiger partial charge on any atom is -0.809 e. The topological polar surface area (TPSA) is 142 Å². The smallest absolute Gasteiger partial charge is 0.809 e. The molecule has 2 aromatic rings. The fraction of sp³-hybridized carbons (Fsp3) is 0.462. The number of ether oxygens (including phenoxy) is 1. The second-order valence-electron chi connectivity index (χ2n) is 5.60. The van der Waals surface area contributed by atoms with Gasteiger partial charge in [0.05, 0.1) is 25.3 Å². The van der Waals surface area contributed by atoms with Gasteiger partial charge in [0.2, 0.25) is 0 Å². The van der Waals surface area contributed by atoms with Crippen LogP contribution in [0.5, 0.6) is 0 Å². The molecule has 1 aliphatic rings. The minimum atomic E-state index is -4.63. The summed E-state index contributed by atoms with van der Waals surface area (Å²) in [5.41, 5.74) is 8.06. The molecule has 9 nitrogen and oxygen atoms in total. The maximum absolute atomic E-state index is 10.6. The standard InChI is InChI=1S/C13H18N5O4P.2Na/c1-8-2-10(3-9(8)4-22-7-23(19,20)21)18-6-17-11-12(14)15-5-16-13(11)18;;/h2,5-6,9-10H,3-4,7H2,1H3,(H2,14,15,16)(H2,19,20,21);;/q;2*+1/p-2/t9-,10+;;/m1../s1. The van der Waals surface area contributed by atoms with Crippen LogP contribution in [-0.4, -0.2) is 32.5 Å². The number of nitrogen functional groups attached to an aromatic ring is 1. The number of aromatic nitrogens is 4. The normalized spacial score (nSPS) is 20.0. The summed E-state index contributed by atoms with van der Waals surface area (Å²) in [6, 6.07) is 0.0224. The van der Waals surface area contributed by atoms with E-state index in [1.165, 1.54) is 6.33 Å². The molecular formula is C13H16N5Na2O4P. The third-order valence-corrected chi connectivity index (χ3v) is 4.44. The molecule has 0 bridgehead atoms. The van der Waals surface area contributed by atoms with Gasteiger partial charge in [-0.3, -0.25) is 0 Å². The summed E-state index contributed by atoms with van der Waals surface area (Å²) in [6.45, 7) is 2.14. The first-order chi connectivity index (χ1) is 10.8. The molecule has 25 heavy (non-hydrogen) atoms. The van der Waals surface area contributed by atoms with Crippen LogP contribution in [0.25, 0.3) is 11.2 Å². The number of anilines is 1. The van der Waals surface area contributed by atoms with E-state index in [9.17, 15) is 14.4 Å². The fourth-order valence-corrected chi connectivity index (χ4v) is 3.13. The zero-order valence-corrected chi connectivity index (χ0v) is 19.3. The first-order valence-corrected chi connectivity index (χ1v) is 8.78. The summed E-state index contributed by atoms with van der Waals surface area (Å²) >= 11 is 0. The van der Waals surface area contributed by atoms with E-state index in [1.54, 1.807) is 6.33 Å². The summed E-state index contributed by atoms with van der Waals surface area (Å²) in [7, 11) is -4.63. The molecule has 0 aromatic carbocycles. The van der Waals surface area contributed by atoms with Crippen molar-refractivity contribution >= 4 is 24.6 Å². The molecular weight excluding hydrogens is 367 g/mol. The Morgan fingerprint density at radius 2 is 2.08 bits per heavy atom. The summed E-state index contributed by atoms with van der Waals surface area (Å²) in [5, 5.41) is 0. The van der Waals surface area contributed by atoms with Crippen LogP contribution >= 0.6 is 7.60 Å². The van der Waals surface area contributed by atoms with Crippen molar-refractivity contribution in [2.45, 2.75) is 19.4 Å². The van der Waals surface area contributed by atoms with E-state index in [2.05, 4.69) is 21.0 Å². The third kappa shape index (κ3) is 5.59. The predicted octanol–water partition coefficient (Wildman–Crippen LogP) is -6.19. The van der Waals surface area contributed by atoms with Crippen LogP contribution in [0.3, 0.4) is 0 Å². The zero-order valence-electron chi connectivity index (χ0n) is 14.5. The Labute approximate surface area is 189 Å². The predicted molar refractivity (Wildman–Crippen MR) is 79.1 cm³/mol. The molecule has 0 saturated carbocycles. The van der Waals surface area contributed by atoms with Crippen LogP contribution in [0.4, 0.5) is 5.82 Å². The molecule has 0 fully saturated rings. The van der Waals surface area contributed by atoms with Gasteiger partial charge in [-0.05, 0) is 20.9 Å². The van der Waals surface area contributed by atoms with E-state index in [0.29, 0.717) is 23.4 Å². The average Bonchev–Trinajstić information content (AvgIpc) is 3.03. The molecule has 2 heterocycles. The molecule has 12 heteroatoms. The van der Waals surface area contributed by atoms with Gasteiger partial charge in [0.1, 0.15) is 11.8 Å². The van der Waals surface area contributed by atoms with Crippen molar-refractivity contribution in [2.24, 2.45) is 5.92 Å². The molecule has 0 radical (unpaired) electrons. The number of hydrogen-bond donors (Lipinski definition) is 1. The van der Waals surface area contributed by atoms with Crippen molar-refractivity contribution in [2.75, 3.05) is 18.7 Å². The van der Waals surface area contributed by atoms with E-state index in [0.717, 1.165) is 5.57 Å².